The summed E-state index contributed by atoms with van der Waals surface area (Å²) in [4.78, 5) is 12.1. The topological polar surface area (TPSA) is 44.4 Å². The van der Waals surface area contributed by atoms with Gasteiger partial charge in [-0.15, -0.1) is 0 Å². The van der Waals surface area contributed by atoms with Crippen molar-refractivity contribution in [3.05, 3.63) is 35.9 Å². The average molecular weight is 245 g/mol. The molecule has 2 saturated heterocycles. The van der Waals surface area contributed by atoms with Crippen LogP contribution in [0.1, 0.15) is 30.9 Å². The number of nitrogens with one attached hydrogen (secondary N) is 2. The van der Waals surface area contributed by atoms with Gasteiger partial charge in [0.1, 0.15) is 0 Å². The molecule has 4 heteroatoms. The average Bonchev–Trinajstić information content (AvgIpc) is 2.83. The zero-order valence-electron chi connectivity index (χ0n) is 10.4. The van der Waals surface area contributed by atoms with Crippen LogP contribution in [0, 0.1) is 0 Å². The monoisotopic (exact) mass is 245 g/mol. The van der Waals surface area contributed by atoms with E-state index in [9.17, 15) is 4.79 Å². The van der Waals surface area contributed by atoms with Gasteiger partial charge in [0.05, 0.1) is 12.1 Å². The van der Waals surface area contributed by atoms with Crippen molar-refractivity contribution in [3.63, 3.8) is 0 Å². The molecule has 2 heterocycles. The number of amides is 1. The summed E-state index contributed by atoms with van der Waals surface area (Å²) in [6.07, 6.45) is 2.81. The zero-order chi connectivity index (χ0) is 12.4. The predicted molar refractivity (Wildman–Crippen MR) is 69.7 cm³/mol. The molecule has 1 amide bonds. The van der Waals surface area contributed by atoms with E-state index < -0.39 is 0 Å². The fourth-order valence-corrected chi connectivity index (χ4v) is 2.80. The molecule has 2 atom stereocenters. The Balaban J connectivity index is 1.70. The number of carbonyl (C=O) groups excluding carboxylic acids is 1. The third-order valence-corrected chi connectivity index (χ3v) is 3.78. The summed E-state index contributed by atoms with van der Waals surface area (Å²) in [5, 5.41) is 5.20. The number of carbonyl (C=O) groups is 1. The minimum Gasteiger partial charge on any atom is -0.315 e. The Morgan fingerprint density at radius 2 is 2.06 bits per heavy atom. The Labute approximate surface area is 107 Å². The van der Waals surface area contributed by atoms with E-state index in [2.05, 4.69) is 22.9 Å². The van der Waals surface area contributed by atoms with Crippen molar-refractivity contribution in [1.29, 1.82) is 0 Å². The Kier molecular flexibility index (Phi) is 3.30. The predicted octanol–water partition coefficient (Wildman–Crippen LogP) is 1.22. The fraction of sp³-hybridized carbons (Fsp3) is 0.500. The lowest BCUT2D eigenvalue weighted by molar-refractivity contribution is -0.132. The van der Waals surface area contributed by atoms with Crippen molar-refractivity contribution in [2.45, 2.75) is 31.3 Å². The molecule has 2 N–H and O–H groups in total. The molecule has 18 heavy (non-hydrogen) atoms. The number of benzene rings is 1. The van der Waals surface area contributed by atoms with Gasteiger partial charge < -0.3 is 5.32 Å². The van der Waals surface area contributed by atoms with Crippen molar-refractivity contribution in [2.24, 2.45) is 0 Å². The summed E-state index contributed by atoms with van der Waals surface area (Å²) in [6.45, 7) is 1.97. The lowest BCUT2D eigenvalue weighted by Crippen LogP contribution is -2.51. The summed E-state index contributed by atoms with van der Waals surface area (Å²) in [6, 6.07) is 10.6. The Morgan fingerprint density at radius 3 is 2.78 bits per heavy atom. The van der Waals surface area contributed by atoms with E-state index in [1.807, 2.05) is 23.2 Å². The molecule has 2 aliphatic rings. The van der Waals surface area contributed by atoms with Crippen LogP contribution in [0.15, 0.2) is 30.3 Å². The van der Waals surface area contributed by atoms with Crippen molar-refractivity contribution in [2.75, 3.05) is 13.1 Å². The summed E-state index contributed by atoms with van der Waals surface area (Å²) in [5.74, 6) is 0.220. The third kappa shape index (κ3) is 2.26. The van der Waals surface area contributed by atoms with Gasteiger partial charge in [0.25, 0.3) is 0 Å². The lowest BCUT2D eigenvalue weighted by atomic mass is 10.1. The quantitative estimate of drug-likeness (QED) is 0.823. The molecule has 0 bridgehead atoms. The third-order valence-electron chi connectivity index (χ3n) is 3.78. The zero-order valence-corrected chi connectivity index (χ0v) is 10.4. The van der Waals surface area contributed by atoms with Crippen LogP contribution in [0.25, 0.3) is 0 Å². The van der Waals surface area contributed by atoms with Gasteiger partial charge in [-0.1, -0.05) is 30.3 Å². The maximum atomic E-state index is 12.1. The second-order valence-electron chi connectivity index (χ2n) is 5.06. The molecule has 4 nitrogen and oxygen atoms in total. The summed E-state index contributed by atoms with van der Waals surface area (Å²) in [7, 11) is 0. The highest BCUT2D eigenvalue weighted by atomic mass is 16.2. The molecular weight excluding hydrogens is 226 g/mol. The van der Waals surface area contributed by atoms with Gasteiger partial charge in [0.2, 0.25) is 5.91 Å². The SMILES string of the molecule is O=C1CC(c2ccccc2)NN1C1CCCNC1. The number of piperidine rings is 1. The van der Waals surface area contributed by atoms with Crippen LogP contribution in [0.4, 0.5) is 0 Å². The smallest absolute Gasteiger partial charge is 0.238 e. The lowest BCUT2D eigenvalue weighted by Gasteiger charge is -2.31. The van der Waals surface area contributed by atoms with Crippen molar-refractivity contribution < 1.29 is 4.79 Å². The van der Waals surface area contributed by atoms with E-state index in [4.69, 9.17) is 0 Å². The highest BCUT2D eigenvalue weighted by molar-refractivity contribution is 5.79. The van der Waals surface area contributed by atoms with Crippen molar-refractivity contribution >= 4 is 5.91 Å². The van der Waals surface area contributed by atoms with E-state index in [-0.39, 0.29) is 11.9 Å². The maximum Gasteiger partial charge on any atom is 0.238 e. The van der Waals surface area contributed by atoms with Gasteiger partial charge in [-0.2, -0.15) is 0 Å². The van der Waals surface area contributed by atoms with Crippen LogP contribution in [0.3, 0.4) is 0 Å². The minimum atomic E-state index is 0.139. The largest absolute Gasteiger partial charge is 0.315 e. The van der Waals surface area contributed by atoms with Gasteiger partial charge in [-0.3, -0.25) is 9.80 Å². The standard InChI is InChI=1S/C14H19N3O/c18-14-9-13(11-5-2-1-3-6-11)16-17(14)12-7-4-8-15-10-12/h1-3,5-6,12-13,15-16H,4,7-10H2. The number of hydrogen-bond donors (Lipinski definition) is 2. The first-order valence-corrected chi connectivity index (χ1v) is 6.68. The Morgan fingerprint density at radius 1 is 1.22 bits per heavy atom. The molecule has 0 aliphatic carbocycles. The van der Waals surface area contributed by atoms with Crippen LogP contribution in [-0.2, 0) is 4.79 Å². The van der Waals surface area contributed by atoms with E-state index in [1.165, 1.54) is 5.56 Å². The van der Waals surface area contributed by atoms with Gasteiger partial charge in [-0.25, -0.2) is 5.43 Å². The van der Waals surface area contributed by atoms with E-state index in [1.54, 1.807) is 0 Å². The molecule has 1 aromatic rings. The Hall–Kier alpha value is -1.39. The number of rotatable bonds is 2. The first kappa shape index (κ1) is 11.7. The second kappa shape index (κ2) is 5.08. The molecule has 0 saturated carbocycles. The van der Waals surface area contributed by atoms with Crippen molar-refractivity contribution in [3.8, 4) is 0 Å². The number of hydrogen-bond acceptors (Lipinski definition) is 3. The molecule has 0 radical (unpaired) electrons. The normalized spacial score (nSPS) is 28.7. The molecule has 0 spiro atoms. The molecular formula is C14H19N3O. The first-order valence-electron chi connectivity index (χ1n) is 6.68. The maximum absolute atomic E-state index is 12.1. The molecule has 2 aliphatic heterocycles. The first-order chi connectivity index (χ1) is 8.84. The molecule has 3 rings (SSSR count). The summed E-state index contributed by atoms with van der Waals surface area (Å²) >= 11 is 0. The van der Waals surface area contributed by atoms with Gasteiger partial charge in [0, 0.05) is 13.0 Å². The highest BCUT2D eigenvalue weighted by Crippen LogP contribution is 2.26. The van der Waals surface area contributed by atoms with Crippen LogP contribution in [0.2, 0.25) is 0 Å². The number of nitrogens with zero attached hydrogens (tertiary/aromatic N) is 1. The molecule has 96 valence electrons. The Bertz CT molecular complexity index is 414. The van der Waals surface area contributed by atoms with E-state index in [0.717, 1.165) is 25.9 Å². The van der Waals surface area contributed by atoms with Crippen molar-refractivity contribution in [1.82, 2.24) is 15.8 Å². The molecule has 2 unspecified atom stereocenters. The van der Waals surface area contributed by atoms with Crippen LogP contribution < -0.4 is 10.7 Å². The molecule has 2 fully saturated rings. The van der Waals surface area contributed by atoms with Crippen LogP contribution in [-0.4, -0.2) is 30.0 Å². The molecule has 0 aromatic heterocycles. The summed E-state index contributed by atoms with van der Waals surface area (Å²) < 4.78 is 0. The van der Waals surface area contributed by atoms with Gasteiger partial charge in [0.15, 0.2) is 0 Å². The second-order valence-corrected chi connectivity index (χ2v) is 5.06. The minimum absolute atomic E-state index is 0.139. The van der Waals surface area contributed by atoms with Gasteiger partial charge >= 0.3 is 0 Å². The van der Waals surface area contributed by atoms with E-state index in [0.29, 0.717) is 12.5 Å². The van der Waals surface area contributed by atoms with Crippen LogP contribution >= 0.6 is 0 Å². The van der Waals surface area contributed by atoms with E-state index >= 15 is 0 Å². The molecule has 1 aromatic carbocycles. The fourth-order valence-electron chi connectivity index (χ4n) is 2.80. The highest BCUT2D eigenvalue weighted by Gasteiger charge is 2.35. The number of hydrazine groups is 1. The summed E-state index contributed by atoms with van der Waals surface area (Å²) in [5.41, 5.74) is 4.56. The van der Waals surface area contributed by atoms with Gasteiger partial charge in [-0.05, 0) is 24.9 Å². The van der Waals surface area contributed by atoms with Crippen LogP contribution in [0.5, 0.6) is 0 Å².